The lowest BCUT2D eigenvalue weighted by molar-refractivity contribution is -0.475. The summed E-state index contributed by atoms with van der Waals surface area (Å²) in [7, 11) is 0. The van der Waals surface area contributed by atoms with E-state index in [4.69, 9.17) is 0 Å². The van der Waals surface area contributed by atoms with Crippen LogP contribution in [0, 0.1) is 22.2 Å². The highest BCUT2D eigenvalue weighted by molar-refractivity contribution is 6.12. The summed E-state index contributed by atoms with van der Waals surface area (Å²) >= 11 is 0. The van der Waals surface area contributed by atoms with E-state index in [1.165, 1.54) is 12.1 Å². The highest BCUT2D eigenvalue weighted by Crippen LogP contribution is 2.29. The van der Waals surface area contributed by atoms with Crippen LogP contribution in [0.1, 0.15) is 22.6 Å². The quantitative estimate of drug-likeness (QED) is 0.312. The van der Waals surface area contributed by atoms with Crippen molar-refractivity contribution in [2.24, 2.45) is 0 Å². The molecule has 0 radical (unpaired) electrons. The number of fused-ring (bicyclic) bond motifs is 3. The van der Waals surface area contributed by atoms with Gasteiger partial charge in [-0.2, -0.15) is 4.74 Å². The van der Waals surface area contributed by atoms with E-state index in [-0.39, 0.29) is 12.2 Å². The molecule has 0 saturated heterocycles. The Bertz CT molecular complexity index is 1020. The minimum Gasteiger partial charge on any atom is -0.623 e. The van der Waals surface area contributed by atoms with Crippen LogP contribution in [0.5, 0.6) is 0 Å². The average Bonchev–Trinajstić information content (AvgIpc) is 2.90. The molecule has 3 aromatic rings. The van der Waals surface area contributed by atoms with Gasteiger partial charge in [0.1, 0.15) is 0 Å². The van der Waals surface area contributed by atoms with E-state index in [0.29, 0.717) is 28.4 Å². The van der Waals surface area contributed by atoms with Gasteiger partial charge in [-0.1, -0.05) is 18.2 Å². The second-order valence-corrected chi connectivity index (χ2v) is 5.86. The number of non-ortho nitro benzene ring substituents is 1. The van der Waals surface area contributed by atoms with E-state index < -0.39 is 4.92 Å². The molecule has 0 N–H and O–H groups in total. The number of hydrogen-bond donors (Lipinski definition) is 0. The number of nitro benzene ring substituents is 1. The lowest BCUT2D eigenvalue weighted by Gasteiger charge is -2.11. The second-order valence-electron chi connectivity index (χ2n) is 5.86. The summed E-state index contributed by atoms with van der Waals surface area (Å²) in [6, 6.07) is 13.8. The normalized spacial score (nSPS) is 13.2. The Labute approximate surface area is 143 Å². The Balaban J connectivity index is 2.07. The van der Waals surface area contributed by atoms with Crippen molar-refractivity contribution in [3.8, 4) is 5.69 Å². The second kappa shape index (κ2) is 5.55. The van der Waals surface area contributed by atoms with Gasteiger partial charge < -0.3 is 5.21 Å². The molecule has 124 valence electrons. The summed E-state index contributed by atoms with van der Waals surface area (Å²) in [6.07, 6.45) is 1.70. The smallest absolute Gasteiger partial charge is 0.270 e. The van der Waals surface area contributed by atoms with E-state index >= 15 is 0 Å². The summed E-state index contributed by atoms with van der Waals surface area (Å²) in [5.74, 6) is 0.605. The number of nitrogens with zero attached hydrogens (tertiary/aromatic N) is 4. The molecule has 25 heavy (non-hydrogen) atoms. The molecule has 0 bridgehead atoms. The molecule has 0 atom stereocenters. The third-order valence-corrected chi connectivity index (χ3v) is 4.28. The molecule has 1 aliphatic rings. The van der Waals surface area contributed by atoms with Crippen LogP contribution in [-0.2, 0) is 6.54 Å². The minimum absolute atomic E-state index is 0.0539. The van der Waals surface area contributed by atoms with Gasteiger partial charge in [0.05, 0.1) is 16.2 Å². The molecule has 0 spiro atoms. The van der Waals surface area contributed by atoms with Crippen molar-refractivity contribution in [1.29, 1.82) is 0 Å². The number of nitro groups is 1. The molecule has 0 aliphatic carbocycles. The lowest BCUT2D eigenvalue weighted by atomic mass is 9.99. The van der Waals surface area contributed by atoms with Gasteiger partial charge in [-0.05, 0) is 25.1 Å². The summed E-state index contributed by atoms with van der Waals surface area (Å²) < 4.78 is 2.73. The van der Waals surface area contributed by atoms with Crippen molar-refractivity contribution < 1.29 is 9.66 Å². The number of aromatic nitrogens is 2. The molecule has 1 aromatic heterocycles. The van der Waals surface area contributed by atoms with Gasteiger partial charge in [-0.15, -0.1) is 0 Å². The van der Waals surface area contributed by atoms with Crippen LogP contribution in [0.25, 0.3) is 5.69 Å². The van der Waals surface area contributed by atoms with Crippen molar-refractivity contribution in [1.82, 2.24) is 9.55 Å². The topological polar surface area (TPSA) is 87.0 Å². The van der Waals surface area contributed by atoms with Crippen LogP contribution in [0.2, 0.25) is 0 Å². The molecular weight excluding hydrogens is 320 g/mol. The van der Waals surface area contributed by atoms with Gasteiger partial charge in [0.2, 0.25) is 12.3 Å². The molecule has 7 heteroatoms. The van der Waals surface area contributed by atoms with Crippen molar-refractivity contribution in [2.45, 2.75) is 13.5 Å². The fourth-order valence-electron chi connectivity index (χ4n) is 3.19. The van der Waals surface area contributed by atoms with Crippen molar-refractivity contribution in [2.75, 3.05) is 0 Å². The largest absolute Gasteiger partial charge is 0.623 e. The highest BCUT2D eigenvalue weighted by Gasteiger charge is 2.29. The number of aryl methyl sites for hydroxylation is 1. The molecule has 2 aromatic carbocycles. The van der Waals surface area contributed by atoms with Gasteiger partial charge in [-0.3, -0.25) is 14.7 Å². The van der Waals surface area contributed by atoms with Crippen LogP contribution in [-0.4, -0.2) is 24.9 Å². The highest BCUT2D eigenvalue weighted by atomic mass is 16.6. The first-order chi connectivity index (χ1) is 12.1. The third-order valence-electron chi connectivity index (χ3n) is 4.28. The van der Waals surface area contributed by atoms with E-state index in [1.54, 1.807) is 12.3 Å². The molecule has 0 fully saturated rings. The number of benzene rings is 2. The van der Waals surface area contributed by atoms with Crippen molar-refractivity contribution >= 4 is 11.4 Å². The van der Waals surface area contributed by atoms with Crippen molar-refractivity contribution in [3.63, 3.8) is 0 Å². The molecule has 1 aliphatic heterocycles. The first-order valence-corrected chi connectivity index (χ1v) is 7.75. The zero-order valence-electron chi connectivity index (χ0n) is 13.4. The number of hydrogen-bond acceptors (Lipinski definition) is 4. The zero-order valence-corrected chi connectivity index (χ0v) is 13.4. The van der Waals surface area contributed by atoms with E-state index in [0.717, 1.165) is 10.4 Å². The van der Waals surface area contributed by atoms with Gasteiger partial charge in [0.25, 0.3) is 5.69 Å². The van der Waals surface area contributed by atoms with Crippen LogP contribution in [0.4, 0.5) is 5.69 Å². The molecule has 4 rings (SSSR count). The summed E-state index contributed by atoms with van der Waals surface area (Å²) in [5, 5.41) is 24.1. The molecule has 7 nitrogen and oxygen atoms in total. The maximum Gasteiger partial charge on any atom is 0.270 e. The van der Waals surface area contributed by atoms with E-state index in [9.17, 15) is 15.3 Å². The first-order valence-electron chi connectivity index (χ1n) is 7.75. The predicted octanol–water partition coefficient (Wildman–Crippen LogP) is 2.95. The van der Waals surface area contributed by atoms with Gasteiger partial charge in [-0.25, -0.2) is 4.98 Å². The van der Waals surface area contributed by atoms with Crippen LogP contribution in [0.3, 0.4) is 0 Å². The monoisotopic (exact) mass is 334 g/mol. The van der Waals surface area contributed by atoms with Crippen LogP contribution < -0.4 is 0 Å². The average molecular weight is 334 g/mol. The maximum absolute atomic E-state index is 12.9. The fraction of sp³-hybridized carbons (Fsp3) is 0.111. The minimum atomic E-state index is -0.454. The Morgan fingerprint density at radius 1 is 1.20 bits per heavy atom. The molecule has 0 saturated carbocycles. The van der Waals surface area contributed by atoms with Gasteiger partial charge >= 0.3 is 0 Å². The zero-order chi connectivity index (χ0) is 17.6. The van der Waals surface area contributed by atoms with Crippen LogP contribution >= 0.6 is 0 Å². The van der Waals surface area contributed by atoms with Crippen molar-refractivity contribution in [3.05, 3.63) is 92.7 Å². The molecule has 2 heterocycles. The Morgan fingerprint density at radius 2 is 1.96 bits per heavy atom. The third kappa shape index (κ3) is 2.37. The van der Waals surface area contributed by atoms with Gasteiger partial charge in [0.15, 0.2) is 5.82 Å². The summed E-state index contributed by atoms with van der Waals surface area (Å²) in [4.78, 5) is 15.1. The maximum atomic E-state index is 12.9. The Kier molecular flexibility index (Phi) is 3.35. The SMILES string of the molecule is Cc1cnc2n1-c1ccc([N+](=O)[O-])cc1C(c1ccccc1)=[N+]([O-])C2. The molecular formula is C18H14N4O3. The standard InChI is InChI=1S/C18H14N4O3/c1-12-10-19-17-11-20(23)18(13-5-3-2-4-6-13)15-9-14(22(24)25)7-8-16(15)21(12)17/h2-10H,11H2,1H3. The van der Waals surface area contributed by atoms with Gasteiger partial charge in [0, 0.05) is 29.6 Å². The first kappa shape index (κ1) is 15.1. The molecule has 0 amide bonds. The van der Waals surface area contributed by atoms with E-state index in [1.807, 2.05) is 41.8 Å². The lowest BCUT2D eigenvalue weighted by Crippen LogP contribution is -2.17. The number of hydroxylamine groups is 1. The number of imidazole rings is 1. The number of rotatable bonds is 2. The van der Waals surface area contributed by atoms with Crippen LogP contribution in [0.15, 0.2) is 54.7 Å². The molecule has 0 unspecified atom stereocenters. The van der Waals surface area contributed by atoms with E-state index in [2.05, 4.69) is 4.98 Å². The predicted molar refractivity (Wildman–Crippen MR) is 91.9 cm³/mol. The Hall–Kier alpha value is -3.48. The fourth-order valence-corrected chi connectivity index (χ4v) is 3.19. The Morgan fingerprint density at radius 3 is 2.68 bits per heavy atom. The summed E-state index contributed by atoms with van der Waals surface area (Å²) in [6.45, 7) is 1.96. The summed E-state index contributed by atoms with van der Waals surface area (Å²) in [5.41, 5.74) is 3.17.